The third kappa shape index (κ3) is 2.04. The summed E-state index contributed by atoms with van der Waals surface area (Å²) in [5.41, 5.74) is 1.13. The first-order valence-corrected chi connectivity index (χ1v) is 7.40. The van der Waals surface area contributed by atoms with E-state index in [1.54, 1.807) is 0 Å². The van der Waals surface area contributed by atoms with Gasteiger partial charge in [-0.15, -0.1) is 0 Å². The van der Waals surface area contributed by atoms with Gasteiger partial charge in [0.05, 0.1) is 11.3 Å². The molecule has 0 aliphatic carbocycles. The number of hydrogen-bond donors (Lipinski definition) is 1. The second-order valence-electron chi connectivity index (χ2n) is 5.47. The second-order valence-corrected chi connectivity index (χ2v) is 5.47. The maximum Gasteiger partial charge on any atom is 0.232 e. The van der Waals surface area contributed by atoms with Gasteiger partial charge in [0.1, 0.15) is 0 Å². The largest absolute Gasteiger partial charge is 0.339 e. The number of hydrogen-bond acceptors (Lipinski definition) is 4. The van der Waals surface area contributed by atoms with Crippen molar-refractivity contribution in [1.82, 2.24) is 15.5 Å². The van der Waals surface area contributed by atoms with Crippen molar-refractivity contribution >= 4 is 0 Å². The van der Waals surface area contributed by atoms with Crippen LogP contribution in [0.4, 0.5) is 0 Å². The Hall–Kier alpha value is -1.68. The van der Waals surface area contributed by atoms with Crippen molar-refractivity contribution < 1.29 is 4.52 Å². The standard InChI is InChI=1S/C16H21N3O/c1-3-16(4-2,13-8-6-5-7-9-13)15-18-14(20-19-15)12-10-17-11-12/h5-9,12,17H,3-4,10-11H2,1-2H3. The molecule has 1 N–H and O–H groups in total. The quantitative estimate of drug-likeness (QED) is 0.908. The Morgan fingerprint density at radius 1 is 1.20 bits per heavy atom. The van der Waals surface area contributed by atoms with E-state index in [1.807, 2.05) is 6.07 Å². The molecule has 0 bridgehead atoms. The highest BCUT2D eigenvalue weighted by Crippen LogP contribution is 2.37. The zero-order chi connectivity index (χ0) is 14.0. The third-order valence-corrected chi connectivity index (χ3v) is 4.53. The molecule has 0 radical (unpaired) electrons. The van der Waals surface area contributed by atoms with Gasteiger partial charge < -0.3 is 9.84 Å². The van der Waals surface area contributed by atoms with E-state index in [9.17, 15) is 0 Å². The van der Waals surface area contributed by atoms with Gasteiger partial charge in [0.2, 0.25) is 5.89 Å². The minimum Gasteiger partial charge on any atom is -0.339 e. The number of rotatable bonds is 5. The Balaban J connectivity index is 1.99. The van der Waals surface area contributed by atoms with Gasteiger partial charge in [-0.1, -0.05) is 49.3 Å². The molecule has 3 rings (SSSR count). The Morgan fingerprint density at radius 3 is 2.45 bits per heavy atom. The molecule has 20 heavy (non-hydrogen) atoms. The fraction of sp³-hybridized carbons (Fsp3) is 0.500. The lowest BCUT2D eigenvalue weighted by molar-refractivity contribution is 0.301. The van der Waals surface area contributed by atoms with Gasteiger partial charge in [0, 0.05) is 13.1 Å². The average Bonchev–Trinajstić information content (AvgIpc) is 2.90. The summed E-state index contributed by atoms with van der Waals surface area (Å²) in [6, 6.07) is 10.5. The molecular formula is C16H21N3O. The highest BCUT2D eigenvalue weighted by atomic mass is 16.5. The van der Waals surface area contributed by atoms with E-state index >= 15 is 0 Å². The summed E-state index contributed by atoms with van der Waals surface area (Å²) in [5, 5.41) is 7.54. The molecule has 1 aromatic carbocycles. The van der Waals surface area contributed by atoms with Crippen LogP contribution in [0.3, 0.4) is 0 Å². The van der Waals surface area contributed by atoms with Crippen LogP contribution in [0.2, 0.25) is 0 Å². The van der Waals surface area contributed by atoms with Gasteiger partial charge in [0.25, 0.3) is 0 Å². The predicted molar refractivity (Wildman–Crippen MR) is 77.7 cm³/mol. The number of aromatic nitrogens is 2. The maximum atomic E-state index is 5.50. The van der Waals surface area contributed by atoms with Crippen molar-refractivity contribution in [2.24, 2.45) is 0 Å². The summed E-state index contributed by atoms with van der Waals surface area (Å²) in [4.78, 5) is 4.71. The first-order valence-electron chi connectivity index (χ1n) is 7.40. The van der Waals surface area contributed by atoms with E-state index in [2.05, 4.69) is 48.6 Å². The van der Waals surface area contributed by atoms with Gasteiger partial charge >= 0.3 is 0 Å². The second kappa shape index (κ2) is 5.37. The molecule has 0 unspecified atom stereocenters. The summed E-state index contributed by atoms with van der Waals surface area (Å²) < 4.78 is 5.50. The molecule has 1 fully saturated rings. The monoisotopic (exact) mass is 271 g/mol. The molecule has 4 heteroatoms. The molecule has 2 aromatic rings. The van der Waals surface area contributed by atoms with Crippen LogP contribution in [0.25, 0.3) is 0 Å². The molecular weight excluding hydrogens is 250 g/mol. The fourth-order valence-electron chi connectivity index (χ4n) is 2.92. The molecule has 2 heterocycles. The lowest BCUT2D eigenvalue weighted by Crippen LogP contribution is -2.40. The van der Waals surface area contributed by atoms with Gasteiger partial charge in [-0.25, -0.2) is 0 Å². The Bertz CT molecular complexity index is 556. The van der Waals surface area contributed by atoms with Crippen LogP contribution in [-0.2, 0) is 5.41 Å². The highest BCUT2D eigenvalue weighted by Gasteiger charge is 2.37. The van der Waals surface area contributed by atoms with Crippen LogP contribution in [0.5, 0.6) is 0 Å². The Morgan fingerprint density at radius 2 is 1.90 bits per heavy atom. The molecule has 1 aliphatic rings. The zero-order valence-corrected chi connectivity index (χ0v) is 12.1. The average molecular weight is 271 g/mol. The summed E-state index contributed by atoms with van der Waals surface area (Å²) in [7, 11) is 0. The molecule has 0 amide bonds. The molecule has 106 valence electrons. The minimum absolute atomic E-state index is 0.139. The smallest absolute Gasteiger partial charge is 0.232 e. The third-order valence-electron chi connectivity index (χ3n) is 4.53. The van der Waals surface area contributed by atoms with E-state index in [-0.39, 0.29) is 5.41 Å². The molecule has 1 aliphatic heterocycles. The zero-order valence-electron chi connectivity index (χ0n) is 12.1. The molecule has 0 saturated carbocycles. The Labute approximate surface area is 119 Å². The molecule has 1 aromatic heterocycles. The first kappa shape index (κ1) is 13.3. The summed E-state index contributed by atoms with van der Waals surface area (Å²) >= 11 is 0. The minimum atomic E-state index is -0.139. The van der Waals surface area contributed by atoms with E-state index < -0.39 is 0 Å². The van der Waals surface area contributed by atoms with Crippen LogP contribution < -0.4 is 5.32 Å². The van der Waals surface area contributed by atoms with Crippen LogP contribution in [0.15, 0.2) is 34.9 Å². The summed E-state index contributed by atoms with van der Waals surface area (Å²) in [6.07, 6.45) is 1.94. The van der Waals surface area contributed by atoms with Crippen LogP contribution in [0, 0.1) is 0 Å². The first-order chi connectivity index (χ1) is 9.80. The Kier molecular flexibility index (Phi) is 3.57. The van der Waals surface area contributed by atoms with Crippen molar-refractivity contribution in [1.29, 1.82) is 0 Å². The molecule has 0 atom stereocenters. The summed E-state index contributed by atoms with van der Waals surface area (Å²) in [6.45, 7) is 6.27. The highest BCUT2D eigenvalue weighted by molar-refractivity contribution is 5.32. The van der Waals surface area contributed by atoms with Crippen molar-refractivity contribution in [3.63, 3.8) is 0 Å². The maximum absolute atomic E-state index is 5.50. The van der Waals surface area contributed by atoms with Gasteiger partial charge in [-0.05, 0) is 18.4 Å². The van der Waals surface area contributed by atoms with Crippen molar-refractivity contribution in [3.05, 3.63) is 47.6 Å². The van der Waals surface area contributed by atoms with Crippen LogP contribution in [0.1, 0.15) is 49.9 Å². The normalized spacial score (nSPS) is 16.1. The molecule has 1 saturated heterocycles. The topological polar surface area (TPSA) is 51.0 Å². The van der Waals surface area contributed by atoms with Crippen LogP contribution >= 0.6 is 0 Å². The van der Waals surface area contributed by atoms with E-state index in [1.165, 1.54) is 5.56 Å². The van der Waals surface area contributed by atoms with Crippen molar-refractivity contribution in [2.45, 2.75) is 38.0 Å². The van der Waals surface area contributed by atoms with Crippen LogP contribution in [-0.4, -0.2) is 23.2 Å². The molecule has 4 nitrogen and oxygen atoms in total. The van der Waals surface area contributed by atoms with Crippen molar-refractivity contribution in [3.8, 4) is 0 Å². The summed E-state index contributed by atoms with van der Waals surface area (Å²) in [5.74, 6) is 2.00. The fourth-order valence-corrected chi connectivity index (χ4v) is 2.92. The SMILES string of the molecule is CCC(CC)(c1ccccc1)c1noc(C2CNC2)n1. The lowest BCUT2D eigenvalue weighted by Gasteiger charge is -2.29. The number of nitrogens with one attached hydrogen (secondary N) is 1. The molecule has 0 spiro atoms. The van der Waals surface area contributed by atoms with Gasteiger partial charge in [0.15, 0.2) is 5.82 Å². The van der Waals surface area contributed by atoms with E-state index in [4.69, 9.17) is 9.51 Å². The van der Waals surface area contributed by atoms with Crippen molar-refractivity contribution in [2.75, 3.05) is 13.1 Å². The van der Waals surface area contributed by atoms with Gasteiger partial charge in [-0.2, -0.15) is 4.98 Å². The van der Waals surface area contributed by atoms with E-state index in [0.717, 1.165) is 37.6 Å². The van der Waals surface area contributed by atoms with Gasteiger partial charge in [-0.3, -0.25) is 0 Å². The van der Waals surface area contributed by atoms with E-state index in [0.29, 0.717) is 5.92 Å². The number of benzene rings is 1. The predicted octanol–water partition coefficient (Wildman–Crippen LogP) is 2.86. The number of nitrogens with zero attached hydrogens (tertiary/aromatic N) is 2. The lowest BCUT2D eigenvalue weighted by atomic mass is 9.75.